The fourth-order valence-corrected chi connectivity index (χ4v) is 6.16. The van der Waals surface area contributed by atoms with E-state index in [-0.39, 0.29) is 11.8 Å². The molecular formula is C20H23NO4S. The van der Waals surface area contributed by atoms with Gasteiger partial charge in [-0.2, -0.15) is 0 Å². The van der Waals surface area contributed by atoms with E-state index in [2.05, 4.69) is 0 Å². The van der Waals surface area contributed by atoms with Gasteiger partial charge in [0.15, 0.2) is 9.84 Å². The number of nitrogens with zero attached hydrogens (tertiary/aromatic N) is 1. The summed E-state index contributed by atoms with van der Waals surface area (Å²) in [6, 6.07) is 13.0. The summed E-state index contributed by atoms with van der Waals surface area (Å²) >= 11 is 0. The van der Waals surface area contributed by atoms with Gasteiger partial charge in [-0.1, -0.05) is 36.4 Å². The zero-order valence-corrected chi connectivity index (χ0v) is 15.5. The molecule has 4 rings (SSSR count). The van der Waals surface area contributed by atoms with Crippen molar-refractivity contribution >= 4 is 26.5 Å². The molecule has 2 atom stereocenters. The molecule has 1 saturated heterocycles. The van der Waals surface area contributed by atoms with E-state index in [4.69, 9.17) is 4.74 Å². The number of morpholine rings is 1. The predicted molar refractivity (Wildman–Crippen MR) is 99.7 cm³/mol. The smallest absolute Gasteiger partial charge is 0.225 e. The number of fused-ring (bicyclic) bond motifs is 1. The van der Waals surface area contributed by atoms with E-state index < -0.39 is 15.1 Å². The van der Waals surface area contributed by atoms with Gasteiger partial charge in [0.1, 0.15) is 0 Å². The van der Waals surface area contributed by atoms with Crippen LogP contribution in [0.4, 0.5) is 0 Å². The maximum Gasteiger partial charge on any atom is 0.225 e. The number of benzene rings is 2. The highest BCUT2D eigenvalue weighted by Crippen LogP contribution is 2.37. The van der Waals surface area contributed by atoms with Crippen molar-refractivity contribution < 1.29 is 17.9 Å². The van der Waals surface area contributed by atoms with Crippen LogP contribution in [-0.2, 0) is 19.4 Å². The van der Waals surface area contributed by atoms with Gasteiger partial charge in [0.2, 0.25) is 5.91 Å². The lowest BCUT2D eigenvalue weighted by molar-refractivity contribution is -0.139. The van der Waals surface area contributed by atoms with Gasteiger partial charge in [-0.25, -0.2) is 8.42 Å². The van der Waals surface area contributed by atoms with Gasteiger partial charge in [-0.15, -0.1) is 0 Å². The summed E-state index contributed by atoms with van der Waals surface area (Å²) in [5.74, 6) is -0.105. The highest BCUT2D eigenvalue weighted by atomic mass is 32.2. The maximum atomic E-state index is 13.2. The number of sulfone groups is 1. The summed E-state index contributed by atoms with van der Waals surface area (Å²) in [5, 5.41) is 1.20. The van der Waals surface area contributed by atoms with Gasteiger partial charge in [-0.3, -0.25) is 4.79 Å². The summed E-state index contributed by atoms with van der Waals surface area (Å²) in [4.78, 5) is 14.9. The SMILES string of the molecule is O=C([C@@H]1CC[C@@H](S(=O)(=O)c2cccc3ccccc23)C1)N1CCOCC1. The Morgan fingerprint density at radius 1 is 1.00 bits per heavy atom. The van der Waals surface area contributed by atoms with Crippen molar-refractivity contribution in [1.82, 2.24) is 4.90 Å². The standard InChI is InChI=1S/C20H23NO4S/c22-20(21-10-12-25-13-11-21)16-8-9-17(14-16)26(23,24)19-7-3-5-15-4-1-2-6-18(15)19/h1-7,16-17H,8-14H2/t16-,17-/m1/s1. The third kappa shape index (κ3) is 3.12. The number of hydrogen-bond donors (Lipinski definition) is 0. The van der Waals surface area contributed by atoms with Crippen molar-refractivity contribution in [2.75, 3.05) is 26.3 Å². The highest BCUT2D eigenvalue weighted by molar-refractivity contribution is 7.92. The first-order valence-corrected chi connectivity index (χ1v) is 10.7. The number of hydrogen-bond acceptors (Lipinski definition) is 4. The fourth-order valence-electron chi connectivity index (χ4n) is 4.11. The summed E-state index contributed by atoms with van der Waals surface area (Å²) in [7, 11) is -3.46. The van der Waals surface area contributed by atoms with E-state index in [1.807, 2.05) is 35.2 Å². The number of ether oxygens (including phenoxy) is 1. The second-order valence-electron chi connectivity index (χ2n) is 7.09. The highest BCUT2D eigenvalue weighted by Gasteiger charge is 2.40. The largest absolute Gasteiger partial charge is 0.378 e. The molecule has 6 heteroatoms. The van der Waals surface area contributed by atoms with Crippen molar-refractivity contribution in [2.24, 2.45) is 5.92 Å². The molecule has 2 fully saturated rings. The Morgan fingerprint density at radius 3 is 2.54 bits per heavy atom. The molecule has 0 unspecified atom stereocenters. The molecular weight excluding hydrogens is 350 g/mol. The van der Waals surface area contributed by atoms with Crippen LogP contribution in [0.3, 0.4) is 0 Å². The second kappa shape index (κ2) is 7.00. The molecule has 1 aliphatic heterocycles. The first-order chi connectivity index (χ1) is 12.6. The van der Waals surface area contributed by atoms with Gasteiger partial charge < -0.3 is 9.64 Å². The molecule has 1 heterocycles. The first kappa shape index (κ1) is 17.5. The summed E-state index contributed by atoms with van der Waals surface area (Å²) < 4.78 is 31.8. The Hall–Kier alpha value is -1.92. The van der Waals surface area contributed by atoms with Crippen molar-refractivity contribution in [3.05, 3.63) is 42.5 Å². The monoisotopic (exact) mass is 373 g/mol. The molecule has 5 nitrogen and oxygen atoms in total. The van der Waals surface area contributed by atoms with E-state index in [0.29, 0.717) is 50.5 Å². The van der Waals surface area contributed by atoms with Crippen LogP contribution in [0.5, 0.6) is 0 Å². The van der Waals surface area contributed by atoms with Crippen LogP contribution in [0, 0.1) is 5.92 Å². The topological polar surface area (TPSA) is 63.7 Å². The van der Waals surface area contributed by atoms with Crippen LogP contribution in [0.2, 0.25) is 0 Å². The van der Waals surface area contributed by atoms with Crippen molar-refractivity contribution in [2.45, 2.75) is 29.4 Å². The van der Waals surface area contributed by atoms with E-state index in [9.17, 15) is 13.2 Å². The Bertz CT molecular complexity index is 913. The van der Waals surface area contributed by atoms with Gasteiger partial charge in [-0.05, 0) is 30.7 Å². The van der Waals surface area contributed by atoms with Crippen molar-refractivity contribution in [1.29, 1.82) is 0 Å². The van der Waals surface area contributed by atoms with Gasteiger partial charge in [0, 0.05) is 24.4 Å². The average Bonchev–Trinajstić information content (AvgIpc) is 3.18. The molecule has 0 N–H and O–H groups in total. The van der Waals surface area contributed by atoms with E-state index >= 15 is 0 Å². The molecule has 1 amide bonds. The maximum absolute atomic E-state index is 13.2. The summed E-state index contributed by atoms with van der Waals surface area (Å²) in [6.45, 7) is 2.35. The van der Waals surface area contributed by atoms with Gasteiger partial charge >= 0.3 is 0 Å². The van der Waals surface area contributed by atoms with Crippen molar-refractivity contribution in [3.63, 3.8) is 0 Å². The normalized spacial score (nSPS) is 24.1. The molecule has 1 aliphatic carbocycles. The molecule has 138 valence electrons. The number of carbonyl (C=O) groups is 1. The minimum Gasteiger partial charge on any atom is -0.378 e. The van der Waals surface area contributed by atoms with Crippen molar-refractivity contribution in [3.8, 4) is 0 Å². The number of rotatable bonds is 3. The molecule has 0 radical (unpaired) electrons. The number of carbonyl (C=O) groups excluding carboxylic acids is 1. The minimum absolute atomic E-state index is 0.0870. The lowest BCUT2D eigenvalue weighted by Crippen LogP contribution is -2.43. The van der Waals surface area contributed by atoms with Crippen LogP contribution in [0.25, 0.3) is 10.8 Å². The summed E-state index contributed by atoms with van der Waals surface area (Å²) in [5.41, 5.74) is 0. The van der Waals surface area contributed by atoms with E-state index in [1.54, 1.807) is 12.1 Å². The third-order valence-corrected chi connectivity index (χ3v) is 7.83. The van der Waals surface area contributed by atoms with Crippen LogP contribution >= 0.6 is 0 Å². The molecule has 26 heavy (non-hydrogen) atoms. The Balaban J connectivity index is 1.56. The zero-order valence-electron chi connectivity index (χ0n) is 14.6. The average molecular weight is 373 g/mol. The van der Waals surface area contributed by atoms with Gasteiger partial charge in [0.05, 0.1) is 23.4 Å². The number of amides is 1. The second-order valence-corrected chi connectivity index (χ2v) is 9.29. The van der Waals surface area contributed by atoms with Crippen LogP contribution in [0.1, 0.15) is 19.3 Å². The fraction of sp³-hybridized carbons (Fsp3) is 0.450. The third-order valence-electron chi connectivity index (χ3n) is 5.55. The Morgan fingerprint density at radius 2 is 1.73 bits per heavy atom. The lowest BCUT2D eigenvalue weighted by Gasteiger charge is -2.29. The first-order valence-electron chi connectivity index (χ1n) is 9.15. The molecule has 1 saturated carbocycles. The molecule has 2 aromatic rings. The van der Waals surface area contributed by atoms with Gasteiger partial charge in [0.25, 0.3) is 0 Å². The Kier molecular flexibility index (Phi) is 4.71. The zero-order chi connectivity index (χ0) is 18.1. The minimum atomic E-state index is -3.46. The van der Waals surface area contributed by atoms with Crippen LogP contribution in [0.15, 0.2) is 47.4 Å². The van der Waals surface area contributed by atoms with E-state index in [0.717, 1.165) is 10.8 Å². The molecule has 0 bridgehead atoms. The predicted octanol–water partition coefficient (Wildman–Crippen LogP) is 2.64. The molecule has 2 aliphatic rings. The molecule has 2 aromatic carbocycles. The summed E-state index contributed by atoms with van der Waals surface area (Å²) in [6.07, 6.45) is 1.61. The molecule has 0 aromatic heterocycles. The van der Waals surface area contributed by atoms with Crippen LogP contribution in [-0.4, -0.2) is 50.8 Å². The molecule has 0 spiro atoms. The van der Waals surface area contributed by atoms with E-state index in [1.165, 1.54) is 0 Å². The quantitative estimate of drug-likeness (QED) is 0.830. The lowest BCUT2D eigenvalue weighted by atomic mass is 10.1. The van der Waals surface area contributed by atoms with Crippen LogP contribution < -0.4 is 0 Å². The Labute approximate surface area is 153 Å².